The molecule has 0 bridgehead atoms. The van der Waals surface area contributed by atoms with Crippen LogP contribution in [-0.2, 0) is 18.3 Å². The largest absolute Gasteiger partial charge is 0.446 e. The lowest BCUT2D eigenvalue weighted by atomic mass is 10.3. The first-order chi connectivity index (χ1) is 7.74. The van der Waals surface area contributed by atoms with E-state index in [0.717, 1.165) is 31.4 Å². The monoisotopic (exact) mass is 224 g/mol. The third kappa shape index (κ3) is 2.95. The second kappa shape index (κ2) is 4.96. The Balaban J connectivity index is 1.71. The summed E-state index contributed by atoms with van der Waals surface area (Å²) in [6.45, 7) is 0.361. The van der Waals surface area contributed by atoms with Crippen LogP contribution in [0.2, 0.25) is 0 Å². The van der Waals surface area contributed by atoms with E-state index >= 15 is 0 Å². The fraction of sp³-hybridized carbons (Fsp3) is 0.700. The van der Waals surface area contributed by atoms with Gasteiger partial charge in [-0.2, -0.15) is 0 Å². The van der Waals surface area contributed by atoms with Crippen molar-refractivity contribution in [2.75, 3.05) is 0 Å². The van der Waals surface area contributed by atoms with Crippen molar-refractivity contribution < 1.29 is 9.53 Å². The third-order valence-corrected chi connectivity index (χ3v) is 2.64. The molecule has 1 fully saturated rings. The molecule has 0 atom stereocenters. The maximum absolute atomic E-state index is 11.4. The van der Waals surface area contributed by atoms with E-state index in [9.17, 15) is 4.79 Å². The molecule has 0 aromatic carbocycles. The number of hydrogen-bond acceptors (Lipinski definition) is 4. The van der Waals surface area contributed by atoms with E-state index in [1.54, 1.807) is 17.9 Å². The highest BCUT2D eigenvalue weighted by Gasteiger charge is 2.18. The summed E-state index contributed by atoms with van der Waals surface area (Å²) in [5, 5.41) is 10.3. The molecule has 1 amide bonds. The second-order valence-electron chi connectivity index (χ2n) is 4.05. The number of nitrogens with zero attached hydrogens (tertiary/aromatic N) is 3. The van der Waals surface area contributed by atoms with E-state index in [4.69, 9.17) is 4.74 Å². The Morgan fingerprint density at radius 1 is 1.62 bits per heavy atom. The van der Waals surface area contributed by atoms with Gasteiger partial charge in [-0.25, -0.2) is 4.79 Å². The van der Waals surface area contributed by atoms with Crippen LogP contribution >= 0.6 is 0 Å². The smallest absolute Gasteiger partial charge is 0.407 e. The van der Waals surface area contributed by atoms with Crippen molar-refractivity contribution in [2.45, 2.75) is 38.3 Å². The van der Waals surface area contributed by atoms with Crippen molar-refractivity contribution in [1.82, 2.24) is 20.3 Å². The summed E-state index contributed by atoms with van der Waals surface area (Å²) in [6, 6.07) is 0. The summed E-state index contributed by atoms with van der Waals surface area (Å²) in [6.07, 6.45) is 5.77. The molecule has 88 valence electrons. The first-order valence-electron chi connectivity index (χ1n) is 5.54. The minimum absolute atomic E-state index is 0.0989. The molecule has 0 saturated heterocycles. The average Bonchev–Trinajstić information content (AvgIpc) is 2.87. The number of carbonyl (C=O) groups excluding carboxylic acids is 1. The SMILES string of the molecule is Cn1cc(CNC(=O)OC2CCCC2)nn1. The lowest BCUT2D eigenvalue weighted by molar-refractivity contribution is 0.100. The molecule has 6 nitrogen and oxygen atoms in total. The number of aryl methyl sites for hydroxylation is 1. The molecule has 1 aliphatic carbocycles. The molecule has 1 aliphatic rings. The van der Waals surface area contributed by atoms with Gasteiger partial charge < -0.3 is 10.1 Å². The lowest BCUT2D eigenvalue weighted by Crippen LogP contribution is -2.27. The number of ether oxygens (including phenoxy) is 1. The molecule has 0 radical (unpaired) electrons. The molecule has 0 spiro atoms. The van der Waals surface area contributed by atoms with Crippen LogP contribution in [0.4, 0.5) is 4.79 Å². The Hall–Kier alpha value is -1.59. The maximum atomic E-state index is 11.4. The predicted octanol–water partition coefficient (Wildman–Crippen LogP) is 0.984. The third-order valence-electron chi connectivity index (χ3n) is 2.64. The molecular weight excluding hydrogens is 208 g/mol. The van der Waals surface area contributed by atoms with E-state index in [1.807, 2.05) is 0 Å². The van der Waals surface area contributed by atoms with E-state index < -0.39 is 0 Å². The normalized spacial score (nSPS) is 16.3. The van der Waals surface area contributed by atoms with Crippen molar-refractivity contribution in [1.29, 1.82) is 0 Å². The number of carbonyl (C=O) groups is 1. The molecule has 0 unspecified atom stereocenters. The fourth-order valence-electron chi connectivity index (χ4n) is 1.84. The van der Waals surface area contributed by atoms with Crippen LogP contribution in [0.3, 0.4) is 0 Å². The summed E-state index contributed by atoms with van der Waals surface area (Å²) in [5.41, 5.74) is 0.728. The maximum Gasteiger partial charge on any atom is 0.407 e. The first-order valence-corrected chi connectivity index (χ1v) is 5.54. The van der Waals surface area contributed by atoms with Gasteiger partial charge in [-0.15, -0.1) is 5.10 Å². The molecule has 0 aliphatic heterocycles. The van der Waals surface area contributed by atoms with Crippen LogP contribution in [0.25, 0.3) is 0 Å². The minimum atomic E-state index is -0.363. The molecule has 1 aromatic rings. The summed E-state index contributed by atoms with van der Waals surface area (Å²) < 4.78 is 6.83. The second-order valence-corrected chi connectivity index (χ2v) is 4.05. The van der Waals surface area contributed by atoms with Gasteiger partial charge in [0.1, 0.15) is 11.8 Å². The summed E-state index contributed by atoms with van der Waals surface area (Å²) in [5.74, 6) is 0. The Morgan fingerprint density at radius 3 is 3.00 bits per heavy atom. The summed E-state index contributed by atoms with van der Waals surface area (Å²) in [7, 11) is 1.79. The van der Waals surface area contributed by atoms with Crippen LogP contribution in [-0.4, -0.2) is 27.2 Å². The van der Waals surface area contributed by atoms with Gasteiger partial charge in [-0.05, 0) is 25.7 Å². The van der Waals surface area contributed by atoms with E-state index in [0.29, 0.717) is 6.54 Å². The van der Waals surface area contributed by atoms with Crippen molar-refractivity contribution >= 4 is 6.09 Å². The van der Waals surface area contributed by atoms with Crippen LogP contribution < -0.4 is 5.32 Å². The zero-order chi connectivity index (χ0) is 11.4. The Morgan fingerprint density at radius 2 is 2.38 bits per heavy atom. The Bertz CT molecular complexity index is 357. The zero-order valence-corrected chi connectivity index (χ0v) is 9.35. The molecule has 1 saturated carbocycles. The number of aromatic nitrogens is 3. The number of amides is 1. The molecule has 6 heteroatoms. The standard InChI is InChI=1S/C10H16N4O2/c1-14-7-8(12-13-14)6-11-10(15)16-9-4-2-3-5-9/h7,9H,2-6H2,1H3,(H,11,15). The fourth-order valence-corrected chi connectivity index (χ4v) is 1.84. The van der Waals surface area contributed by atoms with Crippen LogP contribution in [0.1, 0.15) is 31.4 Å². The van der Waals surface area contributed by atoms with Crippen molar-refractivity contribution in [3.63, 3.8) is 0 Å². The first kappa shape index (κ1) is 10.9. The highest BCUT2D eigenvalue weighted by atomic mass is 16.6. The van der Waals surface area contributed by atoms with Crippen molar-refractivity contribution in [3.05, 3.63) is 11.9 Å². The number of rotatable bonds is 3. The van der Waals surface area contributed by atoms with Gasteiger partial charge in [-0.3, -0.25) is 4.68 Å². The minimum Gasteiger partial charge on any atom is -0.446 e. The molecule has 1 N–H and O–H groups in total. The molecule has 1 heterocycles. The van der Waals surface area contributed by atoms with Gasteiger partial charge in [0, 0.05) is 13.2 Å². The lowest BCUT2D eigenvalue weighted by Gasteiger charge is -2.11. The van der Waals surface area contributed by atoms with E-state index in [2.05, 4.69) is 15.6 Å². The van der Waals surface area contributed by atoms with Gasteiger partial charge in [0.25, 0.3) is 0 Å². The molecule has 1 aromatic heterocycles. The average molecular weight is 224 g/mol. The predicted molar refractivity (Wildman–Crippen MR) is 56.6 cm³/mol. The summed E-state index contributed by atoms with van der Waals surface area (Å²) in [4.78, 5) is 11.4. The molecule has 2 rings (SSSR count). The Kier molecular flexibility index (Phi) is 3.38. The van der Waals surface area contributed by atoms with Crippen molar-refractivity contribution in [3.8, 4) is 0 Å². The van der Waals surface area contributed by atoms with Crippen LogP contribution in [0, 0.1) is 0 Å². The van der Waals surface area contributed by atoms with Gasteiger partial charge in [0.15, 0.2) is 0 Å². The zero-order valence-electron chi connectivity index (χ0n) is 9.35. The van der Waals surface area contributed by atoms with Gasteiger partial charge in [-0.1, -0.05) is 5.21 Å². The topological polar surface area (TPSA) is 69.0 Å². The number of nitrogens with one attached hydrogen (secondary N) is 1. The molecular formula is C10H16N4O2. The summed E-state index contributed by atoms with van der Waals surface area (Å²) >= 11 is 0. The highest BCUT2D eigenvalue weighted by Crippen LogP contribution is 2.20. The quantitative estimate of drug-likeness (QED) is 0.831. The van der Waals surface area contributed by atoms with Crippen molar-refractivity contribution in [2.24, 2.45) is 7.05 Å². The van der Waals surface area contributed by atoms with Gasteiger partial charge >= 0.3 is 6.09 Å². The van der Waals surface area contributed by atoms with Gasteiger partial charge in [0.2, 0.25) is 0 Å². The van der Waals surface area contributed by atoms with Crippen LogP contribution in [0.15, 0.2) is 6.20 Å². The highest BCUT2D eigenvalue weighted by molar-refractivity contribution is 5.67. The number of hydrogen-bond donors (Lipinski definition) is 1. The Labute approximate surface area is 94.0 Å². The van der Waals surface area contributed by atoms with Crippen LogP contribution in [0.5, 0.6) is 0 Å². The number of alkyl carbamates (subject to hydrolysis) is 1. The van der Waals surface area contributed by atoms with E-state index in [1.165, 1.54) is 0 Å². The molecule has 16 heavy (non-hydrogen) atoms. The van der Waals surface area contributed by atoms with E-state index in [-0.39, 0.29) is 12.2 Å². The van der Waals surface area contributed by atoms with Gasteiger partial charge in [0.05, 0.1) is 6.54 Å².